The van der Waals surface area contributed by atoms with Crippen molar-refractivity contribution in [2.45, 2.75) is 10.7 Å². The molecule has 0 fully saturated rings. The van der Waals surface area contributed by atoms with E-state index < -0.39 is 24.2 Å². The molecule has 0 bridgehead atoms. The fraction of sp³-hybridized carbons (Fsp3) is 0.200. The SMILES string of the molecule is Cn1cccc1C(=O)OCC(=O)Nc1ccc(SC(F)F)cc1. The topological polar surface area (TPSA) is 60.3 Å². The van der Waals surface area contributed by atoms with Crippen molar-refractivity contribution in [2.75, 3.05) is 11.9 Å². The molecule has 1 aromatic carbocycles. The Balaban J connectivity index is 1.83. The molecule has 1 N–H and O–H groups in total. The van der Waals surface area contributed by atoms with Crippen molar-refractivity contribution in [3.63, 3.8) is 0 Å². The largest absolute Gasteiger partial charge is 0.451 e. The van der Waals surface area contributed by atoms with Gasteiger partial charge in [-0.3, -0.25) is 4.79 Å². The van der Waals surface area contributed by atoms with Crippen LogP contribution in [0.5, 0.6) is 0 Å². The summed E-state index contributed by atoms with van der Waals surface area (Å²) in [7, 11) is 1.69. The van der Waals surface area contributed by atoms with Gasteiger partial charge in [0.25, 0.3) is 11.7 Å². The first-order chi connectivity index (χ1) is 11.0. The zero-order valence-electron chi connectivity index (χ0n) is 12.2. The molecule has 1 aromatic heterocycles. The lowest BCUT2D eigenvalue weighted by molar-refractivity contribution is -0.119. The number of esters is 1. The Hall–Kier alpha value is -2.35. The predicted octanol–water partition coefficient (Wildman–Crippen LogP) is 3.14. The van der Waals surface area contributed by atoms with Gasteiger partial charge >= 0.3 is 5.97 Å². The van der Waals surface area contributed by atoms with Gasteiger partial charge in [-0.2, -0.15) is 8.78 Å². The van der Waals surface area contributed by atoms with Gasteiger partial charge in [0.15, 0.2) is 6.61 Å². The maximum Gasteiger partial charge on any atom is 0.355 e. The Morgan fingerprint density at radius 1 is 1.26 bits per heavy atom. The summed E-state index contributed by atoms with van der Waals surface area (Å²) >= 11 is 0.422. The normalized spacial score (nSPS) is 10.6. The molecule has 0 aliphatic rings. The summed E-state index contributed by atoms with van der Waals surface area (Å²) in [5, 5.41) is 2.52. The monoisotopic (exact) mass is 340 g/mol. The fourth-order valence-electron chi connectivity index (χ4n) is 1.79. The Bertz CT molecular complexity index is 686. The number of thioether (sulfide) groups is 1. The highest BCUT2D eigenvalue weighted by atomic mass is 32.2. The molecule has 23 heavy (non-hydrogen) atoms. The number of aryl methyl sites for hydroxylation is 1. The summed E-state index contributed by atoms with van der Waals surface area (Å²) in [6.07, 6.45) is 1.69. The third-order valence-corrected chi connectivity index (χ3v) is 3.57. The van der Waals surface area contributed by atoms with Crippen LogP contribution in [0.1, 0.15) is 10.5 Å². The molecule has 0 saturated heterocycles. The van der Waals surface area contributed by atoms with Gasteiger partial charge in [0, 0.05) is 23.8 Å². The Labute approximate surface area is 135 Å². The van der Waals surface area contributed by atoms with Crippen molar-refractivity contribution in [3.8, 4) is 0 Å². The zero-order chi connectivity index (χ0) is 16.8. The van der Waals surface area contributed by atoms with E-state index in [-0.39, 0.29) is 0 Å². The zero-order valence-corrected chi connectivity index (χ0v) is 13.0. The van der Waals surface area contributed by atoms with Crippen molar-refractivity contribution in [2.24, 2.45) is 7.05 Å². The second-order valence-corrected chi connectivity index (χ2v) is 5.59. The van der Waals surface area contributed by atoms with Crippen molar-refractivity contribution in [1.82, 2.24) is 4.57 Å². The quantitative estimate of drug-likeness (QED) is 0.648. The van der Waals surface area contributed by atoms with E-state index in [1.165, 1.54) is 24.3 Å². The number of halogens is 2. The molecular formula is C15H14F2N2O3S. The van der Waals surface area contributed by atoms with Crippen LogP contribution < -0.4 is 5.32 Å². The van der Waals surface area contributed by atoms with Crippen LogP contribution in [-0.2, 0) is 16.6 Å². The van der Waals surface area contributed by atoms with Gasteiger partial charge in [-0.15, -0.1) is 0 Å². The highest BCUT2D eigenvalue weighted by molar-refractivity contribution is 7.99. The van der Waals surface area contributed by atoms with Crippen LogP contribution in [0.4, 0.5) is 14.5 Å². The predicted molar refractivity (Wildman–Crippen MR) is 82.6 cm³/mol. The van der Waals surface area contributed by atoms with Crippen LogP contribution in [0.25, 0.3) is 0 Å². The van der Waals surface area contributed by atoms with Crippen LogP contribution >= 0.6 is 11.8 Å². The smallest absolute Gasteiger partial charge is 0.355 e. The standard InChI is InChI=1S/C15H14F2N2O3S/c1-19-8-2-3-12(19)14(21)22-9-13(20)18-10-4-6-11(7-5-10)23-15(16)17/h2-8,15H,9H2,1H3,(H,18,20). The molecule has 1 heterocycles. The Kier molecular flexibility index (Phi) is 5.75. The maximum absolute atomic E-state index is 12.2. The van der Waals surface area contributed by atoms with Crippen LogP contribution in [0, 0.1) is 0 Å². The van der Waals surface area contributed by atoms with Crippen LogP contribution in [0.15, 0.2) is 47.5 Å². The minimum atomic E-state index is -2.49. The van der Waals surface area contributed by atoms with E-state index in [0.717, 1.165) is 0 Å². The van der Waals surface area contributed by atoms with Gasteiger partial charge in [-0.1, -0.05) is 11.8 Å². The van der Waals surface area contributed by atoms with Gasteiger partial charge in [-0.25, -0.2) is 4.79 Å². The average molecular weight is 340 g/mol. The molecular weight excluding hydrogens is 326 g/mol. The summed E-state index contributed by atoms with van der Waals surface area (Å²) < 4.78 is 30.9. The molecule has 8 heteroatoms. The number of carbonyl (C=O) groups is 2. The lowest BCUT2D eigenvalue weighted by Crippen LogP contribution is -2.21. The number of hydrogen-bond donors (Lipinski definition) is 1. The second kappa shape index (κ2) is 7.77. The number of anilines is 1. The number of rotatable bonds is 6. The van der Waals surface area contributed by atoms with E-state index >= 15 is 0 Å². The molecule has 0 unspecified atom stereocenters. The van der Waals surface area contributed by atoms with E-state index in [0.29, 0.717) is 28.0 Å². The summed E-state index contributed by atoms with van der Waals surface area (Å²) in [6, 6.07) is 9.23. The number of hydrogen-bond acceptors (Lipinski definition) is 4. The van der Waals surface area contributed by atoms with Crippen molar-refractivity contribution < 1.29 is 23.1 Å². The second-order valence-electron chi connectivity index (χ2n) is 4.53. The molecule has 122 valence electrons. The third kappa shape index (κ3) is 5.10. The van der Waals surface area contributed by atoms with E-state index in [1.807, 2.05) is 0 Å². The number of nitrogens with zero attached hydrogens (tertiary/aromatic N) is 1. The summed E-state index contributed by atoms with van der Waals surface area (Å²) in [5.41, 5.74) is 0.773. The summed E-state index contributed by atoms with van der Waals surface area (Å²) in [4.78, 5) is 23.8. The fourth-order valence-corrected chi connectivity index (χ4v) is 2.29. The number of carbonyl (C=O) groups excluding carboxylic acids is 2. The molecule has 0 aliphatic heterocycles. The molecule has 2 rings (SSSR count). The Morgan fingerprint density at radius 3 is 2.52 bits per heavy atom. The first kappa shape index (κ1) is 17.0. The first-order valence-electron chi connectivity index (χ1n) is 6.59. The number of nitrogens with one attached hydrogen (secondary N) is 1. The molecule has 5 nitrogen and oxygen atoms in total. The van der Waals surface area contributed by atoms with Crippen molar-refractivity contribution in [1.29, 1.82) is 0 Å². The van der Waals surface area contributed by atoms with Crippen molar-refractivity contribution in [3.05, 3.63) is 48.3 Å². The van der Waals surface area contributed by atoms with Gasteiger partial charge < -0.3 is 14.6 Å². The minimum absolute atomic E-state index is 0.339. The molecule has 0 radical (unpaired) electrons. The van der Waals surface area contributed by atoms with Gasteiger partial charge in [-0.05, 0) is 36.4 Å². The molecule has 0 saturated carbocycles. The number of amides is 1. The molecule has 0 spiro atoms. The summed E-state index contributed by atoms with van der Waals surface area (Å²) in [5.74, 6) is -3.61. The van der Waals surface area contributed by atoms with Gasteiger partial charge in [0.2, 0.25) is 0 Å². The first-order valence-corrected chi connectivity index (χ1v) is 7.47. The highest BCUT2D eigenvalue weighted by Crippen LogP contribution is 2.26. The van der Waals surface area contributed by atoms with Crippen LogP contribution in [-0.4, -0.2) is 28.8 Å². The summed E-state index contributed by atoms with van der Waals surface area (Å²) in [6.45, 7) is -0.433. The molecule has 1 amide bonds. The molecule has 2 aromatic rings. The highest BCUT2D eigenvalue weighted by Gasteiger charge is 2.13. The number of ether oxygens (including phenoxy) is 1. The van der Waals surface area contributed by atoms with Gasteiger partial charge in [0.05, 0.1) is 0 Å². The number of aromatic nitrogens is 1. The minimum Gasteiger partial charge on any atom is -0.451 e. The van der Waals surface area contributed by atoms with Gasteiger partial charge in [0.1, 0.15) is 5.69 Å². The third-order valence-electron chi connectivity index (χ3n) is 2.85. The molecule has 0 atom stereocenters. The maximum atomic E-state index is 12.2. The van der Waals surface area contributed by atoms with Crippen LogP contribution in [0.3, 0.4) is 0 Å². The lowest BCUT2D eigenvalue weighted by Gasteiger charge is -2.08. The van der Waals surface area contributed by atoms with E-state index in [2.05, 4.69) is 5.32 Å². The van der Waals surface area contributed by atoms with E-state index in [1.54, 1.807) is 29.9 Å². The lowest BCUT2D eigenvalue weighted by atomic mass is 10.3. The Morgan fingerprint density at radius 2 is 1.96 bits per heavy atom. The molecule has 0 aliphatic carbocycles. The van der Waals surface area contributed by atoms with Crippen molar-refractivity contribution >= 4 is 29.3 Å². The number of alkyl halides is 2. The van der Waals surface area contributed by atoms with E-state index in [4.69, 9.17) is 4.74 Å². The number of benzene rings is 1. The average Bonchev–Trinajstić information content (AvgIpc) is 2.92. The van der Waals surface area contributed by atoms with Crippen LogP contribution in [0.2, 0.25) is 0 Å². The van der Waals surface area contributed by atoms with E-state index in [9.17, 15) is 18.4 Å².